The fourth-order valence-electron chi connectivity index (χ4n) is 1.11. The Kier molecular flexibility index (Phi) is 4.03. The van der Waals surface area contributed by atoms with Crippen molar-refractivity contribution in [3.63, 3.8) is 0 Å². The number of carboxylic acid groups (broad SMARTS) is 1. The summed E-state index contributed by atoms with van der Waals surface area (Å²) < 4.78 is 1.61. The second-order valence-electron chi connectivity index (χ2n) is 3.10. The summed E-state index contributed by atoms with van der Waals surface area (Å²) in [5, 5.41) is 11.0. The smallest absolute Gasteiger partial charge is 0.308 e. The zero-order chi connectivity index (χ0) is 12.4. The van der Waals surface area contributed by atoms with E-state index < -0.39 is 5.97 Å². The molecule has 2 aromatic heterocycles. The van der Waals surface area contributed by atoms with Crippen molar-refractivity contribution in [2.24, 2.45) is 0 Å². The predicted molar refractivity (Wildman–Crippen MR) is 69.4 cm³/mol. The monoisotopic (exact) mass is 306 g/mol. The first kappa shape index (κ1) is 12.8. The highest BCUT2D eigenvalue weighted by molar-refractivity contribution is 8.02. The van der Waals surface area contributed by atoms with Crippen LogP contribution in [0.2, 0.25) is 5.15 Å². The van der Waals surface area contributed by atoms with Crippen LogP contribution in [0.15, 0.2) is 14.1 Å². The molecule has 1 N–H and O–H groups in total. The van der Waals surface area contributed by atoms with Gasteiger partial charge < -0.3 is 5.11 Å². The maximum absolute atomic E-state index is 10.6. The molecule has 0 aliphatic heterocycles. The second kappa shape index (κ2) is 5.34. The van der Waals surface area contributed by atoms with Gasteiger partial charge in [-0.15, -0.1) is 22.7 Å². The van der Waals surface area contributed by atoms with Gasteiger partial charge in [0.2, 0.25) is 0 Å². The van der Waals surface area contributed by atoms with E-state index in [1.807, 2.05) is 6.92 Å². The van der Waals surface area contributed by atoms with Gasteiger partial charge in [-0.1, -0.05) is 11.6 Å². The molecule has 0 unspecified atom stereocenters. The molecule has 8 heteroatoms. The number of thiazole rings is 2. The summed E-state index contributed by atoms with van der Waals surface area (Å²) in [6.45, 7) is 1.81. The normalized spacial score (nSPS) is 10.7. The van der Waals surface area contributed by atoms with Crippen LogP contribution >= 0.6 is 46.0 Å². The van der Waals surface area contributed by atoms with E-state index in [4.69, 9.17) is 16.7 Å². The third-order valence-electron chi connectivity index (χ3n) is 1.81. The molecule has 0 amide bonds. The summed E-state index contributed by atoms with van der Waals surface area (Å²) in [7, 11) is 0. The third kappa shape index (κ3) is 3.41. The van der Waals surface area contributed by atoms with Gasteiger partial charge in [0.05, 0.1) is 12.1 Å². The quantitative estimate of drug-likeness (QED) is 0.938. The molecule has 0 radical (unpaired) electrons. The number of aliphatic carboxylic acids is 1. The van der Waals surface area contributed by atoms with E-state index in [9.17, 15) is 4.79 Å². The van der Waals surface area contributed by atoms with Crippen molar-refractivity contribution >= 4 is 52.0 Å². The number of nitrogens with zero attached hydrogens (tertiary/aromatic N) is 2. The van der Waals surface area contributed by atoms with E-state index in [1.54, 1.807) is 5.38 Å². The van der Waals surface area contributed by atoms with Gasteiger partial charge in [-0.25, -0.2) is 9.97 Å². The van der Waals surface area contributed by atoms with Crippen molar-refractivity contribution in [3.05, 3.63) is 21.1 Å². The Balaban J connectivity index is 2.14. The van der Waals surface area contributed by atoms with Crippen molar-refractivity contribution in [1.29, 1.82) is 0 Å². The van der Waals surface area contributed by atoms with E-state index in [1.165, 1.54) is 34.4 Å². The number of hydrogen-bond donors (Lipinski definition) is 1. The first-order chi connectivity index (χ1) is 8.04. The molecule has 0 aliphatic rings. The van der Waals surface area contributed by atoms with E-state index in [2.05, 4.69) is 9.97 Å². The van der Waals surface area contributed by atoms with Gasteiger partial charge in [0.15, 0.2) is 8.68 Å². The van der Waals surface area contributed by atoms with Crippen LogP contribution < -0.4 is 0 Å². The van der Waals surface area contributed by atoms with Crippen LogP contribution in [-0.4, -0.2) is 21.0 Å². The summed E-state index contributed by atoms with van der Waals surface area (Å²) in [6, 6.07) is 0. The van der Waals surface area contributed by atoms with Crippen molar-refractivity contribution in [1.82, 2.24) is 9.97 Å². The summed E-state index contributed by atoms with van der Waals surface area (Å²) in [4.78, 5) is 19.8. The van der Waals surface area contributed by atoms with Crippen LogP contribution in [0.25, 0.3) is 0 Å². The van der Waals surface area contributed by atoms with Gasteiger partial charge in [0, 0.05) is 10.3 Å². The zero-order valence-corrected chi connectivity index (χ0v) is 11.8. The molecule has 17 heavy (non-hydrogen) atoms. The van der Waals surface area contributed by atoms with Gasteiger partial charge >= 0.3 is 5.97 Å². The van der Waals surface area contributed by atoms with Crippen molar-refractivity contribution < 1.29 is 9.90 Å². The SMILES string of the molecule is Cc1nc(Sc2nc(Cl)cs2)sc1CC(=O)O. The Morgan fingerprint density at radius 1 is 1.53 bits per heavy atom. The van der Waals surface area contributed by atoms with Crippen LogP contribution in [0.5, 0.6) is 0 Å². The average molecular weight is 307 g/mol. The highest BCUT2D eigenvalue weighted by atomic mass is 35.5. The Hall–Kier alpha value is -0.630. The highest BCUT2D eigenvalue weighted by Gasteiger charge is 2.13. The lowest BCUT2D eigenvalue weighted by Crippen LogP contribution is -1.99. The summed E-state index contributed by atoms with van der Waals surface area (Å²) >= 11 is 9.96. The van der Waals surface area contributed by atoms with E-state index in [0.29, 0.717) is 5.15 Å². The first-order valence-corrected chi connectivity index (χ1v) is 7.40. The molecule has 0 atom stereocenters. The lowest BCUT2D eigenvalue weighted by Gasteiger charge is -1.89. The molecular weight excluding hydrogens is 300 g/mol. The van der Waals surface area contributed by atoms with Crippen LogP contribution in [0.4, 0.5) is 0 Å². The van der Waals surface area contributed by atoms with E-state index in [0.717, 1.165) is 19.3 Å². The Morgan fingerprint density at radius 3 is 2.88 bits per heavy atom. The van der Waals surface area contributed by atoms with E-state index in [-0.39, 0.29) is 6.42 Å². The van der Waals surface area contributed by atoms with Gasteiger partial charge in [0.1, 0.15) is 5.15 Å². The number of aryl methyl sites for hydroxylation is 1. The number of halogens is 1. The van der Waals surface area contributed by atoms with Crippen molar-refractivity contribution in [2.75, 3.05) is 0 Å². The molecule has 0 spiro atoms. The minimum absolute atomic E-state index is 0.0166. The lowest BCUT2D eigenvalue weighted by molar-refractivity contribution is -0.136. The fraction of sp³-hybridized carbons (Fsp3) is 0.222. The van der Waals surface area contributed by atoms with Gasteiger partial charge in [-0.3, -0.25) is 4.79 Å². The fourth-order valence-corrected chi connectivity index (χ4v) is 4.52. The number of carboxylic acids is 1. The average Bonchev–Trinajstić information content (AvgIpc) is 2.74. The maximum atomic E-state index is 10.6. The second-order valence-corrected chi connectivity index (χ2v) is 6.92. The minimum atomic E-state index is -0.842. The summed E-state index contributed by atoms with van der Waals surface area (Å²) in [6.07, 6.45) is 0.0166. The molecule has 90 valence electrons. The molecule has 0 saturated carbocycles. The first-order valence-electron chi connectivity index (χ1n) is 4.51. The third-order valence-corrected chi connectivity index (χ3v) is 5.29. The standard InChI is InChI=1S/C9H7ClN2O2S3/c1-4-5(2-7(13)14)16-9(11-4)17-8-12-6(10)3-15-8/h3H,2H2,1H3,(H,13,14). The van der Waals surface area contributed by atoms with Gasteiger partial charge in [-0.05, 0) is 18.7 Å². The maximum Gasteiger partial charge on any atom is 0.308 e. The minimum Gasteiger partial charge on any atom is -0.481 e. The molecule has 0 fully saturated rings. The predicted octanol–water partition coefficient (Wildman–Crippen LogP) is 3.34. The molecule has 0 saturated heterocycles. The number of aromatic nitrogens is 2. The summed E-state index contributed by atoms with van der Waals surface area (Å²) in [5.41, 5.74) is 0.766. The van der Waals surface area contributed by atoms with E-state index >= 15 is 0 Å². The summed E-state index contributed by atoms with van der Waals surface area (Å²) in [5.74, 6) is -0.842. The van der Waals surface area contributed by atoms with Gasteiger partial charge in [0.25, 0.3) is 0 Å². The lowest BCUT2D eigenvalue weighted by atomic mass is 10.3. The number of rotatable bonds is 4. The van der Waals surface area contributed by atoms with Crippen molar-refractivity contribution in [3.8, 4) is 0 Å². The van der Waals surface area contributed by atoms with Crippen LogP contribution in [0.1, 0.15) is 10.6 Å². The van der Waals surface area contributed by atoms with Crippen LogP contribution in [-0.2, 0) is 11.2 Å². The number of hydrogen-bond acceptors (Lipinski definition) is 6. The molecule has 0 bridgehead atoms. The topological polar surface area (TPSA) is 63.1 Å². The Labute approximate surface area is 115 Å². The van der Waals surface area contributed by atoms with Crippen LogP contribution in [0.3, 0.4) is 0 Å². The van der Waals surface area contributed by atoms with Crippen molar-refractivity contribution in [2.45, 2.75) is 22.0 Å². The molecule has 4 nitrogen and oxygen atoms in total. The van der Waals surface area contributed by atoms with Crippen LogP contribution in [0, 0.1) is 6.92 Å². The molecule has 2 heterocycles. The largest absolute Gasteiger partial charge is 0.481 e. The highest BCUT2D eigenvalue weighted by Crippen LogP contribution is 2.35. The molecular formula is C9H7ClN2O2S3. The Morgan fingerprint density at radius 2 is 2.29 bits per heavy atom. The number of carbonyl (C=O) groups is 1. The van der Waals surface area contributed by atoms with Gasteiger partial charge in [-0.2, -0.15) is 0 Å². The zero-order valence-electron chi connectivity index (χ0n) is 8.64. The molecule has 2 aromatic rings. The molecule has 2 rings (SSSR count). The molecule has 0 aromatic carbocycles. The molecule has 0 aliphatic carbocycles. The Bertz CT molecular complexity index is 552.